The van der Waals surface area contributed by atoms with E-state index in [1.807, 2.05) is 12.1 Å². The van der Waals surface area contributed by atoms with Crippen LogP contribution in [0.1, 0.15) is 11.1 Å². The molecule has 0 heterocycles. The summed E-state index contributed by atoms with van der Waals surface area (Å²) in [6.45, 7) is 0. The lowest BCUT2D eigenvalue weighted by Crippen LogP contribution is -2.20. The smallest absolute Gasteiger partial charge is 0.512 e. The molecule has 2 N–H and O–H groups in total. The molecule has 4 heteroatoms. The van der Waals surface area contributed by atoms with E-state index in [0.717, 1.165) is 12.0 Å². The van der Waals surface area contributed by atoms with Gasteiger partial charge < -0.3 is 14.7 Å². The Kier molecular flexibility index (Phi) is 2.08. The van der Waals surface area contributed by atoms with Crippen LogP contribution in [0.2, 0.25) is 0 Å². The zero-order chi connectivity index (χ0) is 9.26. The van der Waals surface area contributed by atoms with Crippen molar-refractivity contribution in [3.63, 3.8) is 0 Å². The summed E-state index contributed by atoms with van der Waals surface area (Å²) in [7, 11) is -1.75. The van der Waals surface area contributed by atoms with E-state index in [-0.39, 0.29) is 0 Å². The van der Waals surface area contributed by atoms with E-state index in [2.05, 4.69) is 6.08 Å². The van der Waals surface area contributed by atoms with Gasteiger partial charge in [-0.1, -0.05) is 18.2 Å². The third-order valence-corrected chi connectivity index (χ3v) is 1.99. The van der Waals surface area contributed by atoms with Crippen molar-refractivity contribution in [1.29, 1.82) is 0 Å². The number of benzene rings is 1. The quantitative estimate of drug-likeness (QED) is 0.648. The van der Waals surface area contributed by atoms with Gasteiger partial charge in [0.1, 0.15) is 5.75 Å². The fraction of sp³-hybridized carbons (Fsp3) is 0.111. The zero-order valence-corrected chi connectivity index (χ0v) is 6.97. The molecule has 0 unspecified atom stereocenters. The van der Waals surface area contributed by atoms with Crippen LogP contribution >= 0.6 is 0 Å². The first-order chi connectivity index (χ1) is 6.25. The van der Waals surface area contributed by atoms with E-state index < -0.39 is 7.32 Å². The number of hydrogen-bond donors (Lipinski definition) is 2. The molecule has 1 aromatic carbocycles. The fourth-order valence-electron chi connectivity index (χ4n) is 1.42. The number of allylic oxidation sites excluding steroid dienone is 1. The Labute approximate surface area is 76.5 Å². The van der Waals surface area contributed by atoms with Crippen molar-refractivity contribution in [2.75, 3.05) is 0 Å². The molecular weight excluding hydrogens is 167 g/mol. The molecule has 0 saturated carbocycles. The van der Waals surface area contributed by atoms with Gasteiger partial charge in [0.25, 0.3) is 0 Å². The predicted octanol–water partition coefficient (Wildman–Crippen LogP) is 0.604. The van der Waals surface area contributed by atoms with Gasteiger partial charge in [-0.3, -0.25) is 0 Å². The van der Waals surface area contributed by atoms with E-state index in [9.17, 15) is 0 Å². The van der Waals surface area contributed by atoms with E-state index in [4.69, 9.17) is 14.7 Å². The second-order valence-electron chi connectivity index (χ2n) is 2.91. The molecule has 0 spiro atoms. The molecule has 2 rings (SSSR count). The maximum atomic E-state index is 8.57. The number of fused-ring (bicyclic) bond motifs is 1. The first-order valence-electron chi connectivity index (χ1n) is 4.08. The third kappa shape index (κ3) is 1.74. The molecule has 0 fully saturated rings. The van der Waals surface area contributed by atoms with Crippen molar-refractivity contribution in [3.8, 4) is 5.75 Å². The zero-order valence-electron chi connectivity index (χ0n) is 6.97. The van der Waals surface area contributed by atoms with Crippen LogP contribution in [0, 0.1) is 0 Å². The van der Waals surface area contributed by atoms with Gasteiger partial charge in [0.2, 0.25) is 0 Å². The summed E-state index contributed by atoms with van der Waals surface area (Å²) in [5.41, 5.74) is 2.32. The summed E-state index contributed by atoms with van der Waals surface area (Å²) in [5.74, 6) is 0.473. The third-order valence-electron chi connectivity index (χ3n) is 1.99. The van der Waals surface area contributed by atoms with Crippen molar-refractivity contribution >= 4 is 13.4 Å². The minimum Gasteiger partial charge on any atom is -0.512 e. The van der Waals surface area contributed by atoms with Crippen LogP contribution in [-0.4, -0.2) is 17.4 Å². The molecule has 0 aliphatic heterocycles. The number of rotatable bonds is 2. The Hall–Kier alpha value is -1.26. The van der Waals surface area contributed by atoms with E-state index in [0.29, 0.717) is 5.75 Å². The van der Waals surface area contributed by atoms with E-state index in [1.54, 1.807) is 12.1 Å². The summed E-state index contributed by atoms with van der Waals surface area (Å²) >= 11 is 0. The first-order valence-corrected chi connectivity index (χ1v) is 4.08. The van der Waals surface area contributed by atoms with Gasteiger partial charge in [0.15, 0.2) is 0 Å². The Bertz CT molecular complexity index is 347. The Morgan fingerprint density at radius 3 is 2.92 bits per heavy atom. The molecule has 0 aromatic heterocycles. The van der Waals surface area contributed by atoms with Crippen LogP contribution in [0.4, 0.5) is 0 Å². The second kappa shape index (κ2) is 3.24. The lowest BCUT2D eigenvalue weighted by Gasteiger charge is -2.06. The Balaban J connectivity index is 2.25. The lowest BCUT2D eigenvalue weighted by atomic mass is 10.1. The van der Waals surface area contributed by atoms with Crippen molar-refractivity contribution in [3.05, 3.63) is 35.4 Å². The predicted molar refractivity (Wildman–Crippen MR) is 50.0 cm³/mol. The molecule has 0 amide bonds. The highest BCUT2D eigenvalue weighted by Crippen LogP contribution is 2.24. The average Bonchev–Trinajstić information content (AvgIpc) is 2.49. The minimum absolute atomic E-state index is 0.473. The normalized spacial score (nSPS) is 12.8. The molecular formula is C9H9BO3. The summed E-state index contributed by atoms with van der Waals surface area (Å²) in [6.07, 6.45) is 4.99. The molecule has 1 aliphatic rings. The molecule has 0 bridgehead atoms. The highest BCUT2D eigenvalue weighted by Gasteiger charge is 2.12. The van der Waals surface area contributed by atoms with Crippen LogP contribution < -0.4 is 4.65 Å². The largest absolute Gasteiger partial charge is 0.707 e. The van der Waals surface area contributed by atoms with Crippen molar-refractivity contribution in [2.45, 2.75) is 6.42 Å². The van der Waals surface area contributed by atoms with Crippen LogP contribution in [-0.2, 0) is 6.42 Å². The summed E-state index contributed by atoms with van der Waals surface area (Å²) in [5, 5.41) is 17.1. The average molecular weight is 176 g/mol. The molecule has 1 aliphatic carbocycles. The highest BCUT2D eigenvalue weighted by atomic mass is 16.6. The van der Waals surface area contributed by atoms with Gasteiger partial charge in [0.05, 0.1) is 0 Å². The summed E-state index contributed by atoms with van der Waals surface area (Å²) in [6, 6.07) is 5.44. The van der Waals surface area contributed by atoms with Gasteiger partial charge in [-0.25, -0.2) is 0 Å². The van der Waals surface area contributed by atoms with Gasteiger partial charge in [-0.15, -0.1) is 0 Å². The molecule has 3 nitrogen and oxygen atoms in total. The Morgan fingerprint density at radius 1 is 1.31 bits per heavy atom. The maximum absolute atomic E-state index is 8.57. The molecule has 0 saturated heterocycles. The maximum Gasteiger partial charge on any atom is 0.707 e. The van der Waals surface area contributed by atoms with Gasteiger partial charge >= 0.3 is 7.32 Å². The SMILES string of the molecule is OB(O)Oc1ccc2c(c1)C=CC2. The van der Waals surface area contributed by atoms with Gasteiger partial charge in [0, 0.05) is 0 Å². The molecule has 0 radical (unpaired) electrons. The van der Waals surface area contributed by atoms with Crippen molar-refractivity contribution < 1.29 is 14.7 Å². The van der Waals surface area contributed by atoms with Gasteiger partial charge in [-0.2, -0.15) is 0 Å². The molecule has 13 heavy (non-hydrogen) atoms. The fourth-order valence-corrected chi connectivity index (χ4v) is 1.42. The molecule has 66 valence electrons. The molecule has 0 atom stereocenters. The van der Waals surface area contributed by atoms with Crippen molar-refractivity contribution in [1.82, 2.24) is 0 Å². The van der Waals surface area contributed by atoms with Crippen LogP contribution in [0.15, 0.2) is 24.3 Å². The van der Waals surface area contributed by atoms with E-state index >= 15 is 0 Å². The van der Waals surface area contributed by atoms with Gasteiger partial charge in [-0.05, 0) is 29.7 Å². The second-order valence-corrected chi connectivity index (χ2v) is 2.91. The monoisotopic (exact) mass is 176 g/mol. The molecule has 1 aromatic rings. The minimum atomic E-state index is -1.75. The Morgan fingerprint density at radius 2 is 2.15 bits per heavy atom. The van der Waals surface area contributed by atoms with Crippen LogP contribution in [0.5, 0.6) is 5.75 Å². The number of hydrogen-bond acceptors (Lipinski definition) is 3. The topological polar surface area (TPSA) is 49.7 Å². The summed E-state index contributed by atoms with van der Waals surface area (Å²) in [4.78, 5) is 0. The summed E-state index contributed by atoms with van der Waals surface area (Å²) < 4.78 is 4.72. The van der Waals surface area contributed by atoms with E-state index in [1.165, 1.54) is 5.56 Å². The van der Waals surface area contributed by atoms with Crippen LogP contribution in [0.3, 0.4) is 0 Å². The lowest BCUT2D eigenvalue weighted by molar-refractivity contribution is 0.288. The first kappa shape index (κ1) is 8.35. The standard InChI is InChI=1S/C9H9BO3/c11-10(12)13-9-5-4-7-2-1-3-8(7)6-9/h1,3-6,11-12H,2H2. The van der Waals surface area contributed by atoms with Crippen LogP contribution in [0.25, 0.3) is 6.08 Å². The highest BCUT2D eigenvalue weighted by molar-refractivity contribution is 6.33. The van der Waals surface area contributed by atoms with Crippen molar-refractivity contribution in [2.24, 2.45) is 0 Å².